The summed E-state index contributed by atoms with van der Waals surface area (Å²) in [5.41, 5.74) is 2.74. The number of anilines is 1. The van der Waals surface area contributed by atoms with E-state index in [2.05, 4.69) is 10.6 Å². The van der Waals surface area contributed by atoms with Crippen molar-refractivity contribution in [2.45, 2.75) is 13.0 Å². The monoisotopic (exact) mass is 369 g/mol. The number of carbonyl (C=O) groups excluding carboxylic acids is 2. The van der Waals surface area contributed by atoms with Crippen molar-refractivity contribution in [1.82, 2.24) is 10.2 Å². The quantitative estimate of drug-likeness (QED) is 0.786. The summed E-state index contributed by atoms with van der Waals surface area (Å²) in [4.78, 5) is 25.2. The first-order chi connectivity index (χ1) is 13.1. The van der Waals surface area contributed by atoms with Gasteiger partial charge < -0.3 is 25.0 Å². The van der Waals surface area contributed by atoms with E-state index < -0.39 is 0 Å². The number of amides is 3. The van der Waals surface area contributed by atoms with Crippen LogP contribution in [0.2, 0.25) is 0 Å². The topological polar surface area (TPSA) is 79.9 Å². The maximum absolute atomic E-state index is 12.1. The van der Waals surface area contributed by atoms with Gasteiger partial charge in [0, 0.05) is 18.8 Å². The first kappa shape index (κ1) is 18.6. The van der Waals surface area contributed by atoms with Crippen molar-refractivity contribution in [3.05, 3.63) is 59.7 Å². The summed E-state index contributed by atoms with van der Waals surface area (Å²) in [6.07, 6.45) is 0.429. The van der Waals surface area contributed by atoms with E-state index in [1.807, 2.05) is 48.5 Å². The summed E-state index contributed by atoms with van der Waals surface area (Å²) in [7, 11) is 1.63. The standard InChI is InChI=1S/C20H23N3O4/c1-26-18-7-5-15(6-8-18)9-10-21-19(24)22-17-4-2-3-16(13-17)14-23-11-12-27-20(23)25/h2-8,13H,9-12,14H2,1H3,(H2,21,22,24). The van der Waals surface area contributed by atoms with Crippen LogP contribution in [0.25, 0.3) is 0 Å². The first-order valence-electron chi connectivity index (χ1n) is 8.82. The van der Waals surface area contributed by atoms with Crippen LogP contribution in [0.5, 0.6) is 5.75 Å². The fraction of sp³-hybridized carbons (Fsp3) is 0.300. The Morgan fingerprint density at radius 2 is 2.00 bits per heavy atom. The van der Waals surface area contributed by atoms with E-state index in [4.69, 9.17) is 9.47 Å². The Bertz CT molecular complexity index is 792. The second kappa shape index (κ2) is 8.93. The molecular formula is C20H23N3O4. The van der Waals surface area contributed by atoms with Crippen molar-refractivity contribution in [2.75, 3.05) is 32.1 Å². The molecule has 1 saturated heterocycles. The fourth-order valence-corrected chi connectivity index (χ4v) is 2.83. The van der Waals surface area contributed by atoms with E-state index in [0.29, 0.717) is 31.9 Å². The summed E-state index contributed by atoms with van der Waals surface area (Å²) in [6, 6.07) is 14.9. The number of benzene rings is 2. The molecule has 3 rings (SSSR count). The van der Waals surface area contributed by atoms with Gasteiger partial charge in [0.05, 0.1) is 13.7 Å². The van der Waals surface area contributed by atoms with E-state index in [9.17, 15) is 9.59 Å². The molecule has 27 heavy (non-hydrogen) atoms. The van der Waals surface area contributed by atoms with E-state index in [1.54, 1.807) is 12.0 Å². The minimum atomic E-state index is -0.301. The molecule has 0 radical (unpaired) electrons. The molecule has 2 aromatic rings. The van der Waals surface area contributed by atoms with Gasteiger partial charge in [0.2, 0.25) is 0 Å². The summed E-state index contributed by atoms with van der Waals surface area (Å²) >= 11 is 0. The number of ether oxygens (including phenoxy) is 2. The van der Waals surface area contributed by atoms with Gasteiger partial charge in [-0.15, -0.1) is 0 Å². The number of hydrogen-bond donors (Lipinski definition) is 2. The van der Waals surface area contributed by atoms with Crippen molar-refractivity contribution in [3.63, 3.8) is 0 Å². The first-order valence-corrected chi connectivity index (χ1v) is 8.82. The van der Waals surface area contributed by atoms with Gasteiger partial charge in [-0.25, -0.2) is 9.59 Å². The van der Waals surface area contributed by atoms with Crippen LogP contribution in [0.1, 0.15) is 11.1 Å². The lowest BCUT2D eigenvalue weighted by Crippen LogP contribution is -2.30. The van der Waals surface area contributed by atoms with Crippen molar-refractivity contribution in [2.24, 2.45) is 0 Å². The summed E-state index contributed by atoms with van der Waals surface area (Å²) in [5.74, 6) is 0.812. The summed E-state index contributed by atoms with van der Waals surface area (Å²) < 4.78 is 10.1. The van der Waals surface area contributed by atoms with Gasteiger partial charge in [-0.3, -0.25) is 0 Å². The van der Waals surface area contributed by atoms with Gasteiger partial charge in [0.1, 0.15) is 12.4 Å². The molecule has 0 aliphatic carbocycles. The Kier molecular flexibility index (Phi) is 6.14. The van der Waals surface area contributed by atoms with Crippen molar-refractivity contribution >= 4 is 17.8 Å². The van der Waals surface area contributed by atoms with Crippen LogP contribution in [-0.4, -0.2) is 43.8 Å². The number of rotatable bonds is 7. The molecule has 7 nitrogen and oxygen atoms in total. The molecule has 0 aromatic heterocycles. The number of methoxy groups -OCH3 is 1. The number of nitrogens with one attached hydrogen (secondary N) is 2. The van der Waals surface area contributed by atoms with Crippen LogP contribution < -0.4 is 15.4 Å². The van der Waals surface area contributed by atoms with Gasteiger partial charge in [-0.1, -0.05) is 24.3 Å². The lowest BCUT2D eigenvalue weighted by atomic mass is 10.1. The van der Waals surface area contributed by atoms with Gasteiger partial charge in [0.15, 0.2) is 0 Å². The third-order valence-electron chi connectivity index (χ3n) is 4.26. The Morgan fingerprint density at radius 3 is 2.70 bits per heavy atom. The number of carbonyl (C=O) groups is 2. The van der Waals surface area contributed by atoms with Gasteiger partial charge in [-0.2, -0.15) is 0 Å². The number of urea groups is 1. The Balaban J connectivity index is 1.45. The highest BCUT2D eigenvalue weighted by atomic mass is 16.6. The summed E-state index contributed by atoms with van der Waals surface area (Å²) in [5, 5.41) is 5.66. The average Bonchev–Trinajstić information content (AvgIpc) is 3.07. The molecule has 1 heterocycles. The maximum atomic E-state index is 12.1. The molecule has 0 unspecified atom stereocenters. The van der Waals surface area contributed by atoms with Crippen LogP contribution in [0.4, 0.5) is 15.3 Å². The van der Waals surface area contributed by atoms with Crippen molar-refractivity contribution in [3.8, 4) is 5.75 Å². The second-order valence-electron chi connectivity index (χ2n) is 6.22. The van der Waals surface area contributed by atoms with Crippen LogP contribution in [0.3, 0.4) is 0 Å². The number of hydrogen-bond acceptors (Lipinski definition) is 4. The normalized spacial score (nSPS) is 13.2. The molecule has 1 aliphatic heterocycles. The van der Waals surface area contributed by atoms with Crippen LogP contribution in [0.15, 0.2) is 48.5 Å². The lowest BCUT2D eigenvalue weighted by molar-refractivity contribution is 0.157. The minimum absolute atomic E-state index is 0.263. The van der Waals surface area contributed by atoms with Crippen LogP contribution >= 0.6 is 0 Å². The number of nitrogens with zero attached hydrogens (tertiary/aromatic N) is 1. The molecule has 1 fully saturated rings. The minimum Gasteiger partial charge on any atom is -0.497 e. The Labute approximate surface area is 158 Å². The van der Waals surface area contributed by atoms with Gasteiger partial charge in [0.25, 0.3) is 0 Å². The zero-order valence-corrected chi connectivity index (χ0v) is 15.2. The van der Waals surface area contributed by atoms with Crippen LogP contribution in [-0.2, 0) is 17.7 Å². The van der Waals surface area contributed by atoms with Gasteiger partial charge in [-0.05, 0) is 41.8 Å². The van der Waals surface area contributed by atoms with E-state index in [-0.39, 0.29) is 12.1 Å². The van der Waals surface area contributed by atoms with E-state index >= 15 is 0 Å². The number of cyclic esters (lactones) is 1. The Morgan fingerprint density at radius 1 is 1.19 bits per heavy atom. The zero-order valence-electron chi connectivity index (χ0n) is 15.2. The molecule has 2 aromatic carbocycles. The predicted molar refractivity (Wildman–Crippen MR) is 102 cm³/mol. The van der Waals surface area contributed by atoms with Gasteiger partial charge >= 0.3 is 12.1 Å². The van der Waals surface area contributed by atoms with E-state index in [1.165, 1.54) is 0 Å². The molecule has 0 bridgehead atoms. The van der Waals surface area contributed by atoms with Crippen LogP contribution in [0, 0.1) is 0 Å². The highest BCUT2D eigenvalue weighted by Gasteiger charge is 2.21. The lowest BCUT2D eigenvalue weighted by Gasteiger charge is -2.14. The molecule has 7 heteroatoms. The van der Waals surface area contributed by atoms with Crippen molar-refractivity contribution < 1.29 is 19.1 Å². The summed E-state index contributed by atoms with van der Waals surface area (Å²) in [6.45, 7) is 2.00. The largest absolute Gasteiger partial charge is 0.497 e. The molecule has 1 aliphatic rings. The highest BCUT2D eigenvalue weighted by molar-refractivity contribution is 5.89. The molecular weight excluding hydrogens is 346 g/mol. The smallest absolute Gasteiger partial charge is 0.410 e. The second-order valence-corrected chi connectivity index (χ2v) is 6.22. The molecule has 2 N–H and O–H groups in total. The third kappa shape index (κ3) is 5.37. The average molecular weight is 369 g/mol. The van der Waals surface area contributed by atoms with Crippen molar-refractivity contribution in [1.29, 1.82) is 0 Å². The molecule has 0 saturated carbocycles. The molecule has 3 amide bonds. The predicted octanol–water partition coefficient (Wildman–Crippen LogP) is 3.01. The highest BCUT2D eigenvalue weighted by Crippen LogP contribution is 2.15. The Hall–Kier alpha value is -3.22. The molecule has 142 valence electrons. The maximum Gasteiger partial charge on any atom is 0.410 e. The molecule has 0 spiro atoms. The molecule has 0 atom stereocenters. The SMILES string of the molecule is COc1ccc(CCNC(=O)Nc2cccc(CN3CCOC3=O)c2)cc1. The third-order valence-corrected chi connectivity index (χ3v) is 4.26. The zero-order chi connectivity index (χ0) is 19.1. The van der Waals surface area contributed by atoms with E-state index in [0.717, 1.165) is 23.3 Å². The fourth-order valence-electron chi connectivity index (χ4n) is 2.83.